The second kappa shape index (κ2) is 6.98. The van der Waals surface area contributed by atoms with Gasteiger partial charge < -0.3 is 18.1 Å². The molecule has 0 aliphatic rings. The van der Waals surface area contributed by atoms with Crippen molar-refractivity contribution in [3.8, 4) is 0 Å². The van der Waals surface area contributed by atoms with Crippen LogP contribution in [0.15, 0.2) is 47.5 Å². The third kappa shape index (κ3) is 4.00. The van der Waals surface area contributed by atoms with Crippen LogP contribution in [0, 0.1) is 0 Å². The van der Waals surface area contributed by atoms with Crippen LogP contribution >= 0.6 is 11.6 Å². The number of halogens is 2. The fraction of sp³-hybridized carbons (Fsp3) is 0.154. The van der Waals surface area contributed by atoms with E-state index in [1.807, 2.05) is 13.0 Å². The van der Waals surface area contributed by atoms with Gasteiger partial charge in [-0.3, -0.25) is 0 Å². The van der Waals surface area contributed by atoms with Crippen molar-refractivity contribution in [2.45, 2.75) is 18.4 Å². The van der Waals surface area contributed by atoms with Gasteiger partial charge in [0.1, 0.15) is 4.90 Å². The zero-order valence-corrected chi connectivity index (χ0v) is 13.6. The fourth-order valence-electron chi connectivity index (χ4n) is 1.72. The van der Waals surface area contributed by atoms with Gasteiger partial charge in [-0.25, -0.2) is 4.57 Å². The Morgan fingerprint density at radius 1 is 1.29 bits per heavy atom. The highest BCUT2D eigenvalue weighted by molar-refractivity contribution is 7.92. The lowest BCUT2D eigenvalue weighted by atomic mass is 10.3. The third-order valence-electron chi connectivity index (χ3n) is 2.80. The Balaban J connectivity index is 0.00000220. The summed E-state index contributed by atoms with van der Waals surface area (Å²) in [7, 11) is -3.70. The predicted molar refractivity (Wildman–Crippen MR) is 79.0 cm³/mol. The topological polar surface area (TPSA) is 76.1 Å². The average Bonchev–Trinajstić information content (AvgIpc) is 2.42. The van der Waals surface area contributed by atoms with Gasteiger partial charge in [0.05, 0.1) is 23.5 Å². The summed E-state index contributed by atoms with van der Waals surface area (Å²) in [6.45, 7) is 2.58. The Morgan fingerprint density at radius 2 is 2.00 bits per heavy atom. The second-order valence-corrected chi connectivity index (χ2v) is 6.25. The van der Waals surface area contributed by atoms with Gasteiger partial charge in [0.2, 0.25) is 0 Å². The van der Waals surface area contributed by atoms with Crippen molar-refractivity contribution in [1.29, 1.82) is 0 Å². The average molecular weight is 348 g/mol. The molecule has 0 aliphatic carbocycles. The van der Waals surface area contributed by atoms with Crippen LogP contribution in [0.5, 0.6) is 0 Å². The maximum Gasteiger partial charge on any atom is 0.328 e. The van der Waals surface area contributed by atoms with E-state index in [0.717, 1.165) is 0 Å². The lowest BCUT2D eigenvalue weighted by molar-refractivity contribution is -0.679. The van der Waals surface area contributed by atoms with Crippen molar-refractivity contribution >= 4 is 33.1 Å². The zero-order chi connectivity index (χ0) is 14.8. The molecule has 0 aliphatic heterocycles. The molecule has 0 amide bonds. The molecule has 2 rings (SSSR count). The van der Waals surface area contributed by atoms with Crippen molar-refractivity contribution in [3.05, 3.63) is 47.6 Å². The van der Waals surface area contributed by atoms with E-state index in [0.29, 0.717) is 18.1 Å². The highest BCUT2D eigenvalue weighted by atomic mass is 35.5. The molecule has 3 N–H and O–H groups in total. The number of nitrogens with two attached hydrogens (primary N) is 1. The van der Waals surface area contributed by atoms with Crippen LogP contribution < -0.4 is 27.4 Å². The minimum absolute atomic E-state index is 0. The Kier molecular flexibility index (Phi) is 5.83. The van der Waals surface area contributed by atoms with E-state index in [9.17, 15) is 8.42 Å². The first kappa shape index (κ1) is 17.6. The normalized spacial score (nSPS) is 10.8. The summed E-state index contributed by atoms with van der Waals surface area (Å²) in [5.41, 5.74) is 5.92. The van der Waals surface area contributed by atoms with E-state index in [-0.39, 0.29) is 22.3 Å². The van der Waals surface area contributed by atoms with Gasteiger partial charge in [0.25, 0.3) is 5.82 Å². The van der Waals surface area contributed by atoms with Gasteiger partial charge in [0.15, 0.2) is 0 Å². The van der Waals surface area contributed by atoms with E-state index in [4.69, 9.17) is 17.3 Å². The van der Waals surface area contributed by atoms with Crippen molar-refractivity contribution in [3.63, 3.8) is 0 Å². The molecule has 0 saturated carbocycles. The molecule has 5 nitrogen and oxygen atoms in total. The molecule has 21 heavy (non-hydrogen) atoms. The Hall–Kier alpha value is -1.50. The van der Waals surface area contributed by atoms with Crippen LogP contribution in [0.2, 0.25) is 5.02 Å². The second-order valence-electron chi connectivity index (χ2n) is 4.16. The van der Waals surface area contributed by atoms with Gasteiger partial charge in [-0.15, -0.1) is 0 Å². The smallest absolute Gasteiger partial charge is 0.328 e. The van der Waals surface area contributed by atoms with Crippen LogP contribution in [0.3, 0.4) is 0 Å². The van der Waals surface area contributed by atoms with Gasteiger partial charge in [-0.05, 0) is 31.2 Å². The van der Waals surface area contributed by atoms with E-state index < -0.39 is 10.0 Å². The van der Waals surface area contributed by atoms with E-state index in [2.05, 4.69) is 4.72 Å². The number of nitrogens with zero attached hydrogens (tertiary/aromatic N) is 1. The predicted octanol–water partition coefficient (Wildman–Crippen LogP) is -0.966. The minimum Gasteiger partial charge on any atom is -1.00 e. The minimum atomic E-state index is -3.70. The fourth-order valence-corrected chi connectivity index (χ4v) is 3.06. The highest BCUT2D eigenvalue weighted by Crippen LogP contribution is 2.23. The molecule has 2 aromatic rings. The van der Waals surface area contributed by atoms with Gasteiger partial charge >= 0.3 is 10.0 Å². The number of aromatic nitrogens is 1. The summed E-state index contributed by atoms with van der Waals surface area (Å²) in [6, 6.07) is 9.51. The number of anilines is 2. The molecule has 0 unspecified atom stereocenters. The van der Waals surface area contributed by atoms with E-state index >= 15 is 0 Å². The summed E-state index contributed by atoms with van der Waals surface area (Å²) in [6.07, 6.45) is 1.80. The van der Waals surface area contributed by atoms with Crippen LogP contribution in [-0.4, -0.2) is 8.42 Å². The highest BCUT2D eigenvalue weighted by Gasteiger charge is 2.22. The summed E-state index contributed by atoms with van der Waals surface area (Å²) >= 11 is 5.86. The van der Waals surface area contributed by atoms with Gasteiger partial charge in [-0.2, -0.15) is 13.1 Å². The van der Waals surface area contributed by atoms with E-state index in [1.54, 1.807) is 22.9 Å². The maximum atomic E-state index is 12.3. The van der Waals surface area contributed by atoms with Crippen LogP contribution in [-0.2, 0) is 16.6 Å². The number of aryl methyl sites for hydroxylation is 1. The zero-order valence-electron chi connectivity index (χ0n) is 11.3. The molecule has 0 radical (unpaired) electrons. The number of hydrogen-bond donors (Lipinski definition) is 2. The Labute approximate surface area is 135 Å². The first-order valence-electron chi connectivity index (χ1n) is 6.00. The number of sulfonamides is 1. The van der Waals surface area contributed by atoms with Crippen molar-refractivity contribution < 1.29 is 25.4 Å². The molecule has 1 aromatic carbocycles. The molecule has 0 atom stereocenters. The van der Waals surface area contributed by atoms with Crippen molar-refractivity contribution in [1.82, 2.24) is 0 Å². The molecule has 8 heteroatoms. The first-order valence-corrected chi connectivity index (χ1v) is 7.86. The molecule has 114 valence electrons. The summed E-state index contributed by atoms with van der Waals surface area (Å²) in [5, 5.41) is 0.212. The summed E-state index contributed by atoms with van der Waals surface area (Å²) in [5.74, 6) is 0.489. The number of benzene rings is 1. The Bertz CT molecular complexity index is 736. The number of nitrogen functional groups attached to an aromatic ring is 1. The monoisotopic (exact) mass is 347 g/mol. The number of hydrogen-bond acceptors (Lipinski definition) is 3. The third-order valence-corrected chi connectivity index (χ3v) is 4.48. The number of pyridine rings is 1. The largest absolute Gasteiger partial charge is 1.00 e. The van der Waals surface area contributed by atoms with Gasteiger partial charge in [0, 0.05) is 6.07 Å². The number of nitrogens with one attached hydrogen (secondary N) is 1. The maximum absolute atomic E-state index is 12.3. The Morgan fingerprint density at radius 3 is 2.62 bits per heavy atom. The molecular weight excluding hydrogens is 333 g/mol. The molecule has 0 spiro atoms. The van der Waals surface area contributed by atoms with Crippen molar-refractivity contribution in [2.24, 2.45) is 0 Å². The summed E-state index contributed by atoms with van der Waals surface area (Å²) < 4.78 is 28.9. The van der Waals surface area contributed by atoms with Crippen LogP contribution in [0.25, 0.3) is 0 Å². The molecule has 0 fully saturated rings. The molecule has 0 bridgehead atoms. The first-order chi connectivity index (χ1) is 9.44. The quantitative estimate of drug-likeness (QED) is 0.552. The molecular formula is C13H15Cl2N3O2S. The molecule has 0 saturated heterocycles. The van der Waals surface area contributed by atoms with E-state index in [1.165, 1.54) is 18.2 Å². The SMILES string of the molecule is CC[n+]1ccccc1NS(=O)(=O)c1ccc(N)c(Cl)c1.[Cl-]. The number of rotatable bonds is 4. The standard InChI is InChI=1S/C13H14ClN3O2S.ClH/c1-2-17-8-4-3-5-13(17)16-20(18,19)10-6-7-12(15)11(14)9-10;/h3-9H,2,15H2,1H3;1H. The van der Waals surface area contributed by atoms with Crippen LogP contribution in [0.4, 0.5) is 11.5 Å². The molecule has 1 aromatic heterocycles. The lowest BCUT2D eigenvalue weighted by Gasteiger charge is -2.06. The summed E-state index contributed by atoms with van der Waals surface area (Å²) in [4.78, 5) is 0.0724. The molecule has 1 heterocycles. The lowest BCUT2D eigenvalue weighted by Crippen LogP contribution is -3.00. The van der Waals surface area contributed by atoms with Crippen molar-refractivity contribution in [2.75, 3.05) is 10.5 Å². The van der Waals surface area contributed by atoms with Gasteiger partial charge in [-0.1, -0.05) is 17.7 Å². The van der Waals surface area contributed by atoms with Crippen LogP contribution in [0.1, 0.15) is 6.92 Å².